The second-order valence-electron chi connectivity index (χ2n) is 5.39. The standard InChI is InChI=1S/C18H22N2O/c1-4-9-20(17-8-6-5-7-16(17)19)18(21)15-11-13(2)10-14(3)12-15/h5-8,10-12H,4,9,19H2,1-3H3. The van der Waals surface area contributed by atoms with Crippen LogP contribution in [0.4, 0.5) is 11.4 Å². The van der Waals surface area contributed by atoms with Crippen LogP contribution in [0.25, 0.3) is 0 Å². The average molecular weight is 282 g/mol. The Kier molecular flexibility index (Phi) is 4.63. The molecule has 0 aliphatic carbocycles. The van der Waals surface area contributed by atoms with Gasteiger partial charge in [0, 0.05) is 12.1 Å². The van der Waals surface area contributed by atoms with E-state index in [1.807, 2.05) is 50.2 Å². The lowest BCUT2D eigenvalue weighted by molar-refractivity contribution is 0.0987. The number of amides is 1. The van der Waals surface area contributed by atoms with Crippen LogP contribution in [0, 0.1) is 13.8 Å². The molecule has 0 bridgehead atoms. The molecule has 0 atom stereocenters. The molecular weight excluding hydrogens is 260 g/mol. The summed E-state index contributed by atoms with van der Waals surface area (Å²) in [7, 11) is 0. The molecule has 0 fully saturated rings. The van der Waals surface area contributed by atoms with Gasteiger partial charge in [0.15, 0.2) is 0 Å². The van der Waals surface area contributed by atoms with Crippen molar-refractivity contribution in [3.05, 3.63) is 59.2 Å². The van der Waals surface area contributed by atoms with E-state index < -0.39 is 0 Å². The zero-order valence-electron chi connectivity index (χ0n) is 12.9. The number of rotatable bonds is 4. The number of carbonyl (C=O) groups excluding carboxylic acids is 1. The van der Waals surface area contributed by atoms with Crippen LogP contribution in [0.15, 0.2) is 42.5 Å². The number of hydrogen-bond acceptors (Lipinski definition) is 2. The van der Waals surface area contributed by atoms with Gasteiger partial charge in [0.1, 0.15) is 0 Å². The van der Waals surface area contributed by atoms with Gasteiger partial charge in [0.05, 0.1) is 11.4 Å². The normalized spacial score (nSPS) is 10.4. The minimum absolute atomic E-state index is 0.00144. The first-order chi connectivity index (χ1) is 10.0. The molecule has 21 heavy (non-hydrogen) atoms. The molecule has 0 saturated heterocycles. The fraction of sp³-hybridized carbons (Fsp3) is 0.278. The van der Waals surface area contributed by atoms with Crippen molar-refractivity contribution in [2.45, 2.75) is 27.2 Å². The number of nitrogen functional groups attached to an aromatic ring is 1. The monoisotopic (exact) mass is 282 g/mol. The van der Waals surface area contributed by atoms with Crippen molar-refractivity contribution in [2.75, 3.05) is 17.2 Å². The van der Waals surface area contributed by atoms with E-state index in [1.165, 1.54) is 0 Å². The maximum absolute atomic E-state index is 12.9. The summed E-state index contributed by atoms with van der Waals surface area (Å²) in [5.41, 5.74) is 10.3. The highest BCUT2D eigenvalue weighted by molar-refractivity contribution is 6.07. The van der Waals surface area contributed by atoms with Crippen molar-refractivity contribution in [1.82, 2.24) is 0 Å². The molecule has 0 saturated carbocycles. The Labute approximate surface area is 126 Å². The summed E-state index contributed by atoms with van der Waals surface area (Å²) in [5.74, 6) is 0.00144. The number of nitrogens with zero attached hydrogens (tertiary/aromatic N) is 1. The van der Waals surface area contributed by atoms with E-state index in [-0.39, 0.29) is 5.91 Å². The number of carbonyl (C=O) groups is 1. The van der Waals surface area contributed by atoms with Gasteiger partial charge in [-0.05, 0) is 44.5 Å². The fourth-order valence-electron chi connectivity index (χ4n) is 2.54. The number of anilines is 2. The molecule has 3 heteroatoms. The molecule has 2 aromatic rings. The minimum atomic E-state index is 0.00144. The summed E-state index contributed by atoms with van der Waals surface area (Å²) in [4.78, 5) is 14.6. The quantitative estimate of drug-likeness (QED) is 0.863. The van der Waals surface area contributed by atoms with E-state index in [0.717, 1.165) is 23.2 Å². The molecule has 0 radical (unpaired) electrons. The number of nitrogens with two attached hydrogens (primary N) is 1. The Morgan fingerprint density at radius 1 is 1.10 bits per heavy atom. The van der Waals surface area contributed by atoms with Gasteiger partial charge in [-0.1, -0.05) is 36.2 Å². The summed E-state index contributed by atoms with van der Waals surface area (Å²) in [6, 6.07) is 13.4. The van der Waals surface area contributed by atoms with Crippen molar-refractivity contribution >= 4 is 17.3 Å². The number of hydrogen-bond donors (Lipinski definition) is 1. The Balaban J connectivity index is 2.42. The Hall–Kier alpha value is -2.29. The number of para-hydroxylation sites is 2. The van der Waals surface area contributed by atoms with Crippen LogP contribution in [-0.2, 0) is 0 Å². The van der Waals surface area contributed by atoms with Crippen molar-refractivity contribution in [2.24, 2.45) is 0 Å². The van der Waals surface area contributed by atoms with E-state index in [2.05, 4.69) is 13.0 Å². The lowest BCUT2D eigenvalue weighted by Crippen LogP contribution is -2.32. The van der Waals surface area contributed by atoms with Crippen LogP contribution in [0.3, 0.4) is 0 Å². The molecule has 1 amide bonds. The predicted molar refractivity (Wildman–Crippen MR) is 88.7 cm³/mol. The molecule has 2 rings (SSSR count). The Morgan fingerprint density at radius 2 is 1.71 bits per heavy atom. The first-order valence-electron chi connectivity index (χ1n) is 7.27. The van der Waals surface area contributed by atoms with E-state index in [9.17, 15) is 4.79 Å². The third-order valence-corrected chi connectivity index (χ3v) is 3.39. The van der Waals surface area contributed by atoms with E-state index in [0.29, 0.717) is 17.8 Å². The first kappa shape index (κ1) is 15.1. The molecule has 3 nitrogen and oxygen atoms in total. The SMILES string of the molecule is CCCN(C(=O)c1cc(C)cc(C)c1)c1ccccc1N. The van der Waals surface area contributed by atoms with Gasteiger partial charge in [-0.15, -0.1) is 0 Å². The summed E-state index contributed by atoms with van der Waals surface area (Å²) in [5, 5.41) is 0. The molecule has 0 aliphatic heterocycles. The van der Waals surface area contributed by atoms with Crippen LogP contribution in [0.5, 0.6) is 0 Å². The smallest absolute Gasteiger partial charge is 0.258 e. The molecular formula is C18H22N2O. The van der Waals surface area contributed by atoms with Crippen LogP contribution in [0.2, 0.25) is 0 Å². The number of benzene rings is 2. The van der Waals surface area contributed by atoms with Gasteiger partial charge >= 0.3 is 0 Å². The third kappa shape index (κ3) is 3.43. The van der Waals surface area contributed by atoms with Gasteiger partial charge in [-0.3, -0.25) is 4.79 Å². The lowest BCUT2D eigenvalue weighted by atomic mass is 10.1. The van der Waals surface area contributed by atoms with E-state index >= 15 is 0 Å². The van der Waals surface area contributed by atoms with Crippen LogP contribution in [-0.4, -0.2) is 12.5 Å². The topological polar surface area (TPSA) is 46.3 Å². The molecule has 2 aromatic carbocycles. The Morgan fingerprint density at radius 3 is 2.29 bits per heavy atom. The minimum Gasteiger partial charge on any atom is -0.397 e. The second kappa shape index (κ2) is 6.44. The maximum Gasteiger partial charge on any atom is 0.258 e. The highest BCUT2D eigenvalue weighted by Crippen LogP contribution is 2.25. The van der Waals surface area contributed by atoms with Gasteiger partial charge in [0.2, 0.25) is 0 Å². The molecule has 0 aliphatic rings. The largest absolute Gasteiger partial charge is 0.397 e. The van der Waals surface area contributed by atoms with Crippen LogP contribution >= 0.6 is 0 Å². The second-order valence-corrected chi connectivity index (χ2v) is 5.39. The van der Waals surface area contributed by atoms with Crippen LogP contribution < -0.4 is 10.6 Å². The molecule has 2 N–H and O–H groups in total. The summed E-state index contributed by atoms with van der Waals surface area (Å²) >= 11 is 0. The molecule has 0 heterocycles. The van der Waals surface area contributed by atoms with Gasteiger partial charge < -0.3 is 10.6 Å². The molecule has 0 unspecified atom stereocenters. The Bertz CT molecular complexity index is 629. The molecule has 0 spiro atoms. The lowest BCUT2D eigenvalue weighted by Gasteiger charge is -2.24. The van der Waals surface area contributed by atoms with Gasteiger partial charge in [-0.2, -0.15) is 0 Å². The highest BCUT2D eigenvalue weighted by atomic mass is 16.2. The zero-order valence-corrected chi connectivity index (χ0v) is 12.9. The van der Waals surface area contributed by atoms with E-state index in [1.54, 1.807) is 4.90 Å². The van der Waals surface area contributed by atoms with Crippen molar-refractivity contribution in [3.8, 4) is 0 Å². The average Bonchev–Trinajstić information content (AvgIpc) is 2.44. The van der Waals surface area contributed by atoms with Gasteiger partial charge in [0.25, 0.3) is 5.91 Å². The van der Waals surface area contributed by atoms with Crippen molar-refractivity contribution in [1.29, 1.82) is 0 Å². The van der Waals surface area contributed by atoms with Crippen molar-refractivity contribution in [3.63, 3.8) is 0 Å². The van der Waals surface area contributed by atoms with Crippen molar-refractivity contribution < 1.29 is 4.79 Å². The summed E-state index contributed by atoms with van der Waals surface area (Å²) in [6.07, 6.45) is 0.880. The zero-order chi connectivity index (χ0) is 15.4. The van der Waals surface area contributed by atoms with Gasteiger partial charge in [-0.25, -0.2) is 0 Å². The first-order valence-corrected chi connectivity index (χ1v) is 7.27. The molecule has 110 valence electrons. The number of aryl methyl sites for hydroxylation is 2. The summed E-state index contributed by atoms with van der Waals surface area (Å²) in [6.45, 7) is 6.72. The third-order valence-electron chi connectivity index (χ3n) is 3.39. The van der Waals surface area contributed by atoms with Crippen LogP contribution in [0.1, 0.15) is 34.8 Å². The fourth-order valence-corrected chi connectivity index (χ4v) is 2.54. The predicted octanol–water partition coefficient (Wildman–Crippen LogP) is 3.94. The van der Waals surface area contributed by atoms with E-state index in [4.69, 9.17) is 5.73 Å². The highest BCUT2D eigenvalue weighted by Gasteiger charge is 2.19. The summed E-state index contributed by atoms with van der Waals surface area (Å²) < 4.78 is 0. The molecule has 0 aromatic heterocycles. The maximum atomic E-state index is 12.9.